The molecule has 32 heavy (non-hydrogen) atoms. The summed E-state index contributed by atoms with van der Waals surface area (Å²) in [6.45, 7) is 1.73. The highest BCUT2D eigenvalue weighted by Crippen LogP contribution is 2.48. The van der Waals surface area contributed by atoms with Crippen LogP contribution in [0.25, 0.3) is 0 Å². The lowest BCUT2D eigenvalue weighted by Crippen LogP contribution is -2.70. The van der Waals surface area contributed by atoms with Crippen molar-refractivity contribution in [2.45, 2.75) is 18.8 Å². The number of hydrogen-bond acceptors (Lipinski definition) is 6. The Kier molecular flexibility index (Phi) is 5.98. The highest BCUT2D eigenvalue weighted by atomic mass is 19.4. The Morgan fingerprint density at radius 1 is 0.938 bits per heavy atom. The number of nitrogens with one attached hydrogen (secondary N) is 1. The zero-order valence-electron chi connectivity index (χ0n) is 17.3. The van der Waals surface area contributed by atoms with E-state index in [0.29, 0.717) is 4.90 Å². The van der Waals surface area contributed by atoms with Gasteiger partial charge in [0.15, 0.2) is 11.3 Å². The topological polar surface area (TPSA) is 84.9 Å². The quantitative estimate of drug-likeness (QED) is 0.572. The van der Waals surface area contributed by atoms with Gasteiger partial charge >= 0.3 is 18.1 Å². The number of halogens is 3. The fraction of sp³-hybridized carbons (Fsp3) is 0.227. The van der Waals surface area contributed by atoms with Crippen LogP contribution in [-0.4, -0.2) is 38.2 Å². The number of ether oxygens (including phenoxy) is 2. The molecule has 0 bridgehead atoms. The predicted octanol–water partition coefficient (Wildman–Crippen LogP) is 2.95. The number of anilines is 1. The molecule has 1 aliphatic rings. The van der Waals surface area contributed by atoms with Gasteiger partial charge in [0.05, 0.1) is 14.2 Å². The molecule has 1 aliphatic heterocycles. The molecule has 2 aromatic carbocycles. The maximum atomic E-state index is 14.9. The van der Waals surface area contributed by atoms with Crippen molar-refractivity contribution in [1.82, 2.24) is 5.32 Å². The summed E-state index contributed by atoms with van der Waals surface area (Å²) in [5, 5.41) is 1.92. The summed E-state index contributed by atoms with van der Waals surface area (Å²) in [7, 11) is 1.87. The van der Waals surface area contributed by atoms with Gasteiger partial charge in [-0.2, -0.15) is 13.2 Å². The standard InChI is InChI=1S/C22H19F3N2O5/c1-13-9-11-15(12-10-13)27-17(20(30)32-3)16(19(29)31-2)18(28)26-21(27,22(23,24)25)14-7-5-4-6-8-14/h4-12H,1-3H3,(H,26,28). The first-order chi connectivity index (χ1) is 15.1. The highest BCUT2D eigenvalue weighted by Gasteiger charge is 2.66. The molecule has 0 fully saturated rings. The van der Waals surface area contributed by atoms with E-state index in [9.17, 15) is 27.6 Å². The average Bonchev–Trinajstić information content (AvgIpc) is 2.77. The van der Waals surface area contributed by atoms with Gasteiger partial charge in [0.1, 0.15) is 0 Å². The third kappa shape index (κ3) is 3.57. The number of carbonyl (C=O) groups excluding carboxylic acids is 3. The van der Waals surface area contributed by atoms with Crippen molar-refractivity contribution in [2.24, 2.45) is 0 Å². The molecule has 1 atom stereocenters. The predicted molar refractivity (Wildman–Crippen MR) is 107 cm³/mol. The van der Waals surface area contributed by atoms with E-state index in [1.165, 1.54) is 42.5 Å². The second-order valence-corrected chi connectivity index (χ2v) is 6.91. The van der Waals surface area contributed by atoms with Crippen LogP contribution in [0.3, 0.4) is 0 Å². The molecular formula is C22H19F3N2O5. The van der Waals surface area contributed by atoms with Crippen LogP contribution in [0.1, 0.15) is 11.1 Å². The second kappa shape index (κ2) is 8.37. The van der Waals surface area contributed by atoms with Gasteiger partial charge in [0.25, 0.3) is 5.91 Å². The first kappa shape index (κ1) is 22.9. The lowest BCUT2D eigenvalue weighted by atomic mass is 9.90. The maximum absolute atomic E-state index is 14.9. The van der Waals surface area contributed by atoms with Gasteiger partial charge in [-0.1, -0.05) is 48.0 Å². The number of methoxy groups -OCH3 is 2. The molecule has 1 heterocycles. The van der Waals surface area contributed by atoms with Crippen molar-refractivity contribution in [2.75, 3.05) is 19.1 Å². The Labute approximate surface area is 181 Å². The third-order valence-corrected chi connectivity index (χ3v) is 4.98. The fourth-order valence-electron chi connectivity index (χ4n) is 3.51. The van der Waals surface area contributed by atoms with Gasteiger partial charge in [-0.05, 0) is 19.1 Å². The molecule has 1 unspecified atom stereocenters. The van der Waals surface area contributed by atoms with Crippen LogP contribution >= 0.6 is 0 Å². The van der Waals surface area contributed by atoms with Crippen molar-refractivity contribution in [3.05, 3.63) is 77.0 Å². The molecule has 0 aromatic heterocycles. The summed E-state index contributed by atoms with van der Waals surface area (Å²) < 4.78 is 53.9. The minimum atomic E-state index is -5.14. The van der Waals surface area contributed by atoms with Crippen LogP contribution < -0.4 is 10.2 Å². The van der Waals surface area contributed by atoms with Crippen LogP contribution in [0.4, 0.5) is 18.9 Å². The van der Waals surface area contributed by atoms with Gasteiger partial charge in [0.2, 0.25) is 5.66 Å². The largest absolute Gasteiger partial charge is 0.465 e. The molecule has 0 saturated heterocycles. The molecule has 3 rings (SSSR count). The van der Waals surface area contributed by atoms with E-state index in [4.69, 9.17) is 0 Å². The Balaban J connectivity index is 2.51. The SMILES string of the molecule is COC(=O)C1=C(C(=O)OC)N(c2ccc(C)cc2)C(c2ccccc2)(C(F)(F)F)NC1=O. The number of nitrogens with zero attached hydrogens (tertiary/aromatic N) is 1. The number of hydrogen-bond donors (Lipinski definition) is 1. The third-order valence-electron chi connectivity index (χ3n) is 4.98. The van der Waals surface area contributed by atoms with E-state index in [1.54, 1.807) is 6.92 Å². The van der Waals surface area contributed by atoms with Crippen LogP contribution in [0, 0.1) is 6.92 Å². The molecule has 0 spiro atoms. The smallest absolute Gasteiger partial charge is 0.435 e. The molecule has 7 nitrogen and oxygen atoms in total. The molecule has 1 N–H and O–H groups in total. The number of rotatable bonds is 4. The van der Waals surface area contributed by atoms with Gasteiger partial charge in [0, 0.05) is 11.3 Å². The molecule has 2 aromatic rings. The molecule has 10 heteroatoms. The Morgan fingerprint density at radius 2 is 1.50 bits per heavy atom. The molecule has 0 aliphatic carbocycles. The number of aryl methyl sites for hydroxylation is 1. The summed E-state index contributed by atoms with van der Waals surface area (Å²) in [4.78, 5) is 38.6. The van der Waals surface area contributed by atoms with Crippen molar-refractivity contribution in [1.29, 1.82) is 0 Å². The lowest BCUT2D eigenvalue weighted by Gasteiger charge is -2.49. The minimum Gasteiger partial charge on any atom is -0.465 e. The van der Waals surface area contributed by atoms with Crippen molar-refractivity contribution in [3.63, 3.8) is 0 Å². The second-order valence-electron chi connectivity index (χ2n) is 6.91. The molecule has 168 valence electrons. The first-order valence-electron chi connectivity index (χ1n) is 9.31. The first-order valence-corrected chi connectivity index (χ1v) is 9.31. The van der Waals surface area contributed by atoms with E-state index >= 15 is 0 Å². The van der Waals surface area contributed by atoms with E-state index < -0.39 is 41.0 Å². The van der Waals surface area contributed by atoms with Crippen LogP contribution in [-0.2, 0) is 29.5 Å². The molecule has 0 saturated carbocycles. The summed E-state index contributed by atoms with van der Waals surface area (Å²) in [5.41, 5.74) is -4.78. The van der Waals surface area contributed by atoms with E-state index in [-0.39, 0.29) is 11.3 Å². The number of amides is 1. The van der Waals surface area contributed by atoms with Gasteiger partial charge in [-0.25, -0.2) is 9.59 Å². The van der Waals surface area contributed by atoms with Crippen LogP contribution in [0.5, 0.6) is 0 Å². The lowest BCUT2D eigenvalue weighted by molar-refractivity contribution is -0.203. The summed E-state index contributed by atoms with van der Waals surface area (Å²) in [6, 6.07) is 12.3. The molecule has 1 amide bonds. The van der Waals surface area contributed by atoms with Gasteiger partial charge in [-0.3, -0.25) is 9.69 Å². The average molecular weight is 448 g/mol. The number of alkyl halides is 3. The van der Waals surface area contributed by atoms with Crippen LogP contribution in [0.2, 0.25) is 0 Å². The maximum Gasteiger partial charge on any atom is 0.435 e. The summed E-state index contributed by atoms with van der Waals surface area (Å²) in [6.07, 6.45) is -5.14. The van der Waals surface area contributed by atoms with Crippen molar-refractivity contribution < 1.29 is 37.0 Å². The van der Waals surface area contributed by atoms with Crippen LogP contribution in [0.15, 0.2) is 65.9 Å². The van der Waals surface area contributed by atoms with Gasteiger partial charge in [-0.15, -0.1) is 0 Å². The minimum absolute atomic E-state index is 0.112. The normalized spacial score (nSPS) is 18.8. The zero-order chi connectivity index (χ0) is 23.7. The Hall–Kier alpha value is -3.82. The molecular weight excluding hydrogens is 429 g/mol. The Morgan fingerprint density at radius 3 is 2.00 bits per heavy atom. The Bertz CT molecular complexity index is 1080. The van der Waals surface area contributed by atoms with E-state index in [1.807, 2.05) is 5.32 Å². The van der Waals surface area contributed by atoms with E-state index in [0.717, 1.165) is 31.9 Å². The van der Waals surface area contributed by atoms with Crippen molar-refractivity contribution in [3.8, 4) is 0 Å². The van der Waals surface area contributed by atoms with Gasteiger partial charge < -0.3 is 14.8 Å². The fourth-order valence-corrected chi connectivity index (χ4v) is 3.51. The number of benzene rings is 2. The molecule has 0 radical (unpaired) electrons. The summed E-state index contributed by atoms with van der Waals surface area (Å²) in [5.74, 6) is -4.03. The number of carbonyl (C=O) groups is 3. The van der Waals surface area contributed by atoms with E-state index in [2.05, 4.69) is 9.47 Å². The highest BCUT2D eigenvalue weighted by molar-refractivity contribution is 6.23. The monoisotopic (exact) mass is 448 g/mol. The number of esters is 2. The zero-order valence-corrected chi connectivity index (χ0v) is 17.3. The van der Waals surface area contributed by atoms with Crippen molar-refractivity contribution >= 4 is 23.5 Å². The summed E-state index contributed by atoms with van der Waals surface area (Å²) >= 11 is 0.